The monoisotopic (exact) mass is 375 g/mol. The topological polar surface area (TPSA) is 122 Å². The Labute approximate surface area is 154 Å². The van der Waals surface area contributed by atoms with E-state index in [1.54, 1.807) is 24.3 Å². The van der Waals surface area contributed by atoms with Crippen LogP contribution in [0.5, 0.6) is 0 Å². The van der Waals surface area contributed by atoms with Crippen molar-refractivity contribution in [2.45, 2.75) is 19.4 Å². The minimum absolute atomic E-state index is 0.0113. The Morgan fingerprint density at radius 2 is 2.04 bits per heavy atom. The first kappa shape index (κ1) is 18.8. The van der Waals surface area contributed by atoms with Gasteiger partial charge in [0.05, 0.1) is 17.5 Å². The molecule has 1 amide bonds. The van der Waals surface area contributed by atoms with Gasteiger partial charge in [-0.3, -0.25) is 19.0 Å². The summed E-state index contributed by atoms with van der Waals surface area (Å²) in [6.45, 7) is -0.0998. The second-order valence-corrected chi connectivity index (χ2v) is 6.80. The number of likely N-dealkylation sites (tertiary alicyclic amines) is 1. The van der Waals surface area contributed by atoms with E-state index in [1.807, 2.05) is 0 Å². The molecule has 2 N–H and O–H groups in total. The van der Waals surface area contributed by atoms with E-state index in [9.17, 15) is 24.3 Å². The summed E-state index contributed by atoms with van der Waals surface area (Å²) in [5.41, 5.74) is -2.01. The molecule has 0 radical (unpaired) electrons. The number of carboxylic acid groups (broad SMARTS) is 1. The number of para-hydroxylation sites is 1. The van der Waals surface area contributed by atoms with E-state index in [2.05, 4.69) is 4.98 Å². The van der Waals surface area contributed by atoms with Crippen molar-refractivity contribution in [3.8, 4) is 0 Å². The van der Waals surface area contributed by atoms with E-state index in [0.29, 0.717) is 30.3 Å². The number of hydrogen-bond acceptors (Lipinski definition) is 5. The number of rotatable bonds is 5. The first-order valence-electron chi connectivity index (χ1n) is 8.60. The Balaban J connectivity index is 1.87. The number of carbonyl (C=O) groups excluding carboxylic acids is 1. The minimum Gasteiger partial charge on any atom is -0.481 e. The van der Waals surface area contributed by atoms with Crippen molar-refractivity contribution < 1.29 is 19.4 Å². The molecule has 1 aromatic carbocycles. The summed E-state index contributed by atoms with van der Waals surface area (Å²) in [5, 5.41) is 9.90. The molecule has 9 heteroatoms. The van der Waals surface area contributed by atoms with E-state index >= 15 is 0 Å². The van der Waals surface area contributed by atoms with Crippen LogP contribution in [0.3, 0.4) is 0 Å². The fraction of sp³-hybridized carbons (Fsp3) is 0.444. The lowest BCUT2D eigenvalue weighted by molar-refractivity contribution is -0.159. The molecule has 27 heavy (non-hydrogen) atoms. The minimum atomic E-state index is -1.18. The number of benzene rings is 1. The van der Waals surface area contributed by atoms with E-state index in [-0.39, 0.29) is 13.2 Å². The van der Waals surface area contributed by atoms with Gasteiger partial charge in [0.25, 0.3) is 5.56 Å². The van der Waals surface area contributed by atoms with Crippen LogP contribution in [0.15, 0.2) is 33.9 Å². The number of nitrogens with zero attached hydrogens (tertiary/aromatic N) is 2. The lowest BCUT2D eigenvalue weighted by atomic mass is 9.80. The van der Waals surface area contributed by atoms with Gasteiger partial charge in [-0.05, 0) is 25.0 Å². The number of carbonyl (C=O) groups is 2. The maximum Gasteiger partial charge on any atom is 0.329 e. The van der Waals surface area contributed by atoms with Gasteiger partial charge in [0.2, 0.25) is 5.91 Å². The van der Waals surface area contributed by atoms with Gasteiger partial charge in [-0.25, -0.2) is 4.79 Å². The Morgan fingerprint density at radius 1 is 1.30 bits per heavy atom. The van der Waals surface area contributed by atoms with Gasteiger partial charge in [-0.2, -0.15) is 0 Å². The molecular formula is C18H21N3O6. The normalized spacial score (nSPS) is 20.0. The number of carboxylic acids is 1. The molecule has 0 aliphatic carbocycles. The van der Waals surface area contributed by atoms with Crippen molar-refractivity contribution in [1.82, 2.24) is 14.5 Å². The highest BCUT2D eigenvalue weighted by atomic mass is 16.5. The second-order valence-electron chi connectivity index (χ2n) is 6.80. The molecule has 0 spiro atoms. The number of methoxy groups -OCH3 is 1. The molecule has 0 bridgehead atoms. The third-order valence-electron chi connectivity index (χ3n) is 4.99. The highest BCUT2D eigenvalue weighted by molar-refractivity contribution is 5.81. The molecule has 1 atom stereocenters. The summed E-state index contributed by atoms with van der Waals surface area (Å²) in [5.74, 6) is -1.50. The third-order valence-corrected chi connectivity index (χ3v) is 4.99. The van der Waals surface area contributed by atoms with Crippen LogP contribution in [-0.4, -0.2) is 58.2 Å². The quantitative estimate of drug-likeness (QED) is 0.760. The Bertz CT molecular complexity index is 990. The van der Waals surface area contributed by atoms with Gasteiger partial charge in [0.1, 0.15) is 12.0 Å². The van der Waals surface area contributed by atoms with Crippen molar-refractivity contribution in [3.63, 3.8) is 0 Å². The molecule has 1 aromatic heterocycles. The van der Waals surface area contributed by atoms with Crippen LogP contribution >= 0.6 is 0 Å². The second kappa shape index (κ2) is 7.36. The summed E-state index contributed by atoms with van der Waals surface area (Å²) < 4.78 is 5.90. The number of aliphatic carboxylic acids is 1. The number of amides is 1. The number of ether oxygens (including phenoxy) is 1. The molecule has 2 heterocycles. The first-order chi connectivity index (χ1) is 12.9. The van der Waals surface area contributed by atoms with Crippen LogP contribution in [0, 0.1) is 5.41 Å². The van der Waals surface area contributed by atoms with Crippen LogP contribution in [0.2, 0.25) is 0 Å². The number of aromatic amines is 1. The number of hydrogen-bond donors (Lipinski definition) is 2. The average Bonchev–Trinajstić information content (AvgIpc) is 2.65. The highest BCUT2D eigenvalue weighted by Gasteiger charge is 2.43. The van der Waals surface area contributed by atoms with Gasteiger partial charge >= 0.3 is 11.7 Å². The van der Waals surface area contributed by atoms with Crippen LogP contribution in [0.25, 0.3) is 10.9 Å². The van der Waals surface area contributed by atoms with E-state index < -0.39 is 35.1 Å². The summed E-state index contributed by atoms with van der Waals surface area (Å²) in [6, 6.07) is 6.55. The zero-order chi connectivity index (χ0) is 19.6. The van der Waals surface area contributed by atoms with Crippen LogP contribution < -0.4 is 11.2 Å². The standard InChI is InChI=1S/C18H21N3O6/c1-27-11-18(16(24)25)7-4-8-20(10-18)14(22)9-21-15(23)12-5-2-3-6-13(12)19-17(21)26/h2-3,5-6H,4,7-11H2,1H3,(H,19,26)(H,24,25). The molecule has 1 aliphatic rings. The maximum absolute atomic E-state index is 12.7. The fourth-order valence-corrected chi connectivity index (χ4v) is 3.55. The lowest BCUT2D eigenvalue weighted by Crippen LogP contribution is -2.53. The van der Waals surface area contributed by atoms with Gasteiger partial charge in [0, 0.05) is 20.2 Å². The Morgan fingerprint density at radius 3 is 2.74 bits per heavy atom. The highest BCUT2D eigenvalue weighted by Crippen LogP contribution is 2.31. The van der Waals surface area contributed by atoms with Gasteiger partial charge in [0.15, 0.2) is 0 Å². The van der Waals surface area contributed by atoms with Crippen LogP contribution in [-0.2, 0) is 20.9 Å². The van der Waals surface area contributed by atoms with Crippen molar-refractivity contribution >= 4 is 22.8 Å². The largest absolute Gasteiger partial charge is 0.481 e. The van der Waals surface area contributed by atoms with Crippen LogP contribution in [0.4, 0.5) is 0 Å². The fourth-order valence-electron chi connectivity index (χ4n) is 3.55. The number of aromatic nitrogens is 2. The zero-order valence-electron chi connectivity index (χ0n) is 14.9. The number of H-pyrrole nitrogens is 1. The van der Waals surface area contributed by atoms with E-state index in [0.717, 1.165) is 4.57 Å². The lowest BCUT2D eigenvalue weighted by Gasteiger charge is -2.39. The number of fused-ring (bicyclic) bond motifs is 1. The van der Waals surface area contributed by atoms with Gasteiger partial charge in [-0.1, -0.05) is 12.1 Å². The Hall–Kier alpha value is -2.94. The smallest absolute Gasteiger partial charge is 0.329 e. The van der Waals surface area contributed by atoms with Gasteiger partial charge < -0.3 is 19.7 Å². The van der Waals surface area contributed by atoms with Crippen molar-refractivity contribution in [2.75, 3.05) is 26.8 Å². The van der Waals surface area contributed by atoms with E-state index in [4.69, 9.17) is 4.74 Å². The summed E-state index contributed by atoms with van der Waals surface area (Å²) in [6.07, 6.45) is 0.904. The molecule has 0 saturated carbocycles. The van der Waals surface area contributed by atoms with Crippen molar-refractivity contribution in [1.29, 1.82) is 0 Å². The predicted octanol–water partition coefficient (Wildman–Crippen LogP) is 0.0296. The average molecular weight is 375 g/mol. The molecule has 1 saturated heterocycles. The Kier molecular flexibility index (Phi) is 5.13. The van der Waals surface area contributed by atoms with Crippen molar-refractivity contribution in [2.24, 2.45) is 5.41 Å². The summed E-state index contributed by atoms with van der Waals surface area (Å²) >= 11 is 0. The van der Waals surface area contributed by atoms with Crippen molar-refractivity contribution in [3.05, 3.63) is 45.1 Å². The number of piperidine rings is 1. The molecule has 1 aliphatic heterocycles. The molecule has 2 aromatic rings. The van der Waals surface area contributed by atoms with Gasteiger partial charge in [-0.15, -0.1) is 0 Å². The molecule has 9 nitrogen and oxygen atoms in total. The number of nitrogens with one attached hydrogen (secondary N) is 1. The van der Waals surface area contributed by atoms with E-state index in [1.165, 1.54) is 12.0 Å². The summed E-state index contributed by atoms with van der Waals surface area (Å²) in [7, 11) is 1.42. The molecule has 3 rings (SSSR count). The summed E-state index contributed by atoms with van der Waals surface area (Å²) in [4.78, 5) is 53.2. The maximum atomic E-state index is 12.7. The third kappa shape index (κ3) is 3.50. The molecule has 1 fully saturated rings. The van der Waals surface area contributed by atoms with Crippen LogP contribution in [0.1, 0.15) is 12.8 Å². The molecule has 144 valence electrons. The molecule has 1 unspecified atom stereocenters. The zero-order valence-corrected chi connectivity index (χ0v) is 14.9. The first-order valence-corrected chi connectivity index (χ1v) is 8.60. The molecular weight excluding hydrogens is 354 g/mol. The predicted molar refractivity (Wildman–Crippen MR) is 96.6 cm³/mol. The SMILES string of the molecule is COCC1(C(=O)O)CCCN(C(=O)Cn2c(=O)[nH]c3ccccc3c2=O)C1.